The lowest BCUT2D eigenvalue weighted by Crippen LogP contribution is -2.27. The molecule has 5 nitrogen and oxygen atoms in total. The maximum Gasteiger partial charge on any atom is 0.135 e. The molecule has 1 saturated carbocycles. The lowest BCUT2D eigenvalue weighted by molar-refractivity contribution is 0.444. The summed E-state index contributed by atoms with van der Waals surface area (Å²) in [4.78, 5) is 8.49. The molecule has 1 aliphatic rings. The molecule has 3 rings (SSSR count). The van der Waals surface area contributed by atoms with Crippen molar-refractivity contribution in [1.29, 1.82) is 0 Å². The van der Waals surface area contributed by atoms with Crippen molar-refractivity contribution in [2.24, 2.45) is 5.73 Å². The molecule has 0 atom stereocenters. The molecule has 0 amide bonds. The van der Waals surface area contributed by atoms with Crippen molar-refractivity contribution in [3.63, 3.8) is 0 Å². The number of rotatable bonds is 5. The molecule has 1 heterocycles. The Morgan fingerprint density at radius 2 is 1.85 bits per heavy atom. The van der Waals surface area contributed by atoms with Gasteiger partial charge in [-0.05, 0) is 37.0 Å². The zero-order valence-electron chi connectivity index (χ0n) is 11.3. The summed E-state index contributed by atoms with van der Waals surface area (Å²) in [5.74, 6) is 1.67. The normalized spacial score (nSPS) is 14.7. The van der Waals surface area contributed by atoms with Crippen LogP contribution in [0.4, 0.5) is 17.3 Å². The van der Waals surface area contributed by atoms with Gasteiger partial charge < -0.3 is 16.4 Å². The quantitative estimate of drug-likeness (QED) is 0.778. The van der Waals surface area contributed by atoms with Gasteiger partial charge in [0.15, 0.2) is 0 Å². The monoisotopic (exact) mass is 269 g/mol. The van der Waals surface area contributed by atoms with Crippen molar-refractivity contribution in [1.82, 2.24) is 9.97 Å². The first-order valence-corrected chi connectivity index (χ1v) is 6.98. The highest BCUT2D eigenvalue weighted by atomic mass is 15.1. The fourth-order valence-corrected chi connectivity index (χ4v) is 2.14. The average molecular weight is 269 g/mol. The molecule has 20 heavy (non-hydrogen) atoms. The summed E-state index contributed by atoms with van der Waals surface area (Å²) in [5.41, 5.74) is 7.70. The lowest BCUT2D eigenvalue weighted by Gasteiger charge is -2.26. The summed E-state index contributed by atoms with van der Waals surface area (Å²) in [7, 11) is 0. The standard InChI is InChI=1S/C15H19N5/c16-9-11-4-6-13(7-5-11)20-15-8-14(17-10-18-15)19-12-2-1-3-12/h4-8,10,12H,1-3,9,16H2,(H2,17,18,19,20). The largest absolute Gasteiger partial charge is 0.367 e. The van der Waals surface area contributed by atoms with E-state index in [4.69, 9.17) is 5.73 Å². The first kappa shape index (κ1) is 12.9. The third-order valence-corrected chi connectivity index (χ3v) is 3.59. The van der Waals surface area contributed by atoms with E-state index in [9.17, 15) is 0 Å². The van der Waals surface area contributed by atoms with Gasteiger partial charge in [0.05, 0.1) is 0 Å². The summed E-state index contributed by atoms with van der Waals surface area (Å²) in [5, 5.41) is 6.69. The summed E-state index contributed by atoms with van der Waals surface area (Å²) in [6.07, 6.45) is 5.35. The maximum atomic E-state index is 5.59. The van der Waals surface area contributed by atoms with E-state index in [0.717, 1.165) is 22.9 Å². The number of nitrogens with one attached hydrogen (secondary N) is 2. The van der Waals surface area contributed by atoms with Crippen LogP contribution in [0.3, 0.4) is 0 Å². The molecule has 2 aromatic rings. The minimum atomic E-state index is 0.559. The van der Waals surface area contributed by atoms with E-state index in [1.165, 1.54) is 19.3 Å². The minimum absolute atomic E-state index is 0.559. The molecule has 104 valence electrons. The topological polar surface area (TPSA) is 75.9 Å². The minimum Gasteiger partial charge on any atom is -0.367 e. The maximum absolute atomic E-state index is 5.59. The molecular formula is C15H19N5. The van der Waals surface area contributed by atoms with Crippen molar-refractivity contribution in [2.75, 3.05) is 10.6 Å². The third-order valence-electron chi connectivity index (χ3n) is 3.59. The Bertz CT molecular complexity index is 563. The first-order valence-electron chi connectivity index (χ1n) is 6.98. The van der Waals surface area contributed by atoms with Gasteiger partial charge in [-0.25, -0.2) is 9.97 Å². The van der Waals surface area contributed by atoms with Crippen LogP contribution >= 0.6 is 0 Å². The molecule has 1 aliphatic carbocycles. The molecule has 1 aromatic heterocycles. The van der Waals surface area contributed by atoms with Gasteiger partial charge in [0, 0.05) is 24.3 Å². The molecule has 1 fully saturated rings. The summed E-state index contributed by atoms with van der Waals surface area (Å²) >= 11 is 0. The summed E-state index contributed by atoms with van der Waals surface area (Å²) in [6.45, 7) is 0.559. The van der Waals surface area contributed by atoms with Crippen LogP contribution in [-0.4, -0.2) is 16.0 Å². The van der Waals surface area contributed by atoms with Gasteiger partial charge in [-0.15, -0.1) is 0 Å². The van der Waals surface area contributed by atoms with E-state index >= 15 is 0 Å². The van der Waals surface area contributed by atoms with Crippen molar-refractivity contribution in [2.45, 2.75) is 31.8 Å². The molecule has 0 aliphatic heterocycles. The van der Waals surface area contributed by atoms with Crippen LogP contribution in [-0.2, 0) is 6.54 Å². The molecule has 1 aromatic carbocycles. The van der Waals surface area contributed by atoms with Crippen molar-refractivity contribution >= 4 is 17.3 Å². The van der Waals surface area contributed by atoms with Crippen LogP contribution in [0.1, 0.15) is 24.8 Å². The fraction of sp³-hybridized carbons (Fsp3) is 0.333. The highest BCUT2D eigenvalue weighted by molar-refractivity contribution is 5.59. The van der Waals surface area contributed by atoms with Crippen LogP contribution < -0.4 is 16.4 Å². The second-order valence-electron chi connectivity index (χ2n) is 5.09. The number of aromatic nitrogens is 2. The lowest BCUT2D eigenvalue weighted by atomic mass is 9.93. The smallest absolute Gasteiger partial charge is 0.135 e. The SMILES string of the molecule is NCc1ccc(Nc2cc(NC3CCC3)ncn2)cc1. The van der Waals surface area contributed by atoms with E-state index in [1.807, 2.05) is 30.3 Å². The predicted octanol–water partition coefficient (Wildman–Crippen LogP) is 2.64. The van der Waals surface area contributed by atoms with Crippen LogP contribution in [0.2, 0.25) is 0 Å². The Morgan fingerprint density at radius 3 is 2.50 bits per heavy atom. The van der Waals surface area contributed by atoms with E-state index in [2.05, 4.69) is 20.6 Å². The molecule has 0 unspecified atom stereocenters. The second kappa shape index (κ2) is 5.88. The Morgan fingerprint density at radius 1 is 1.10 bits per heavy atom. The fourth-order valence-electron chi connectivity index (χ4n) is 2.14. The van der Waals surface area contributed by atoms with Gasteiger partial charge in [0.1, 0.15) is 18.0 Å². The molecule has 4 N–H and O–H groups in total. The molecule has 0 bridgehead atoms. The van der Waals surface area contributed by atoms with Crippen LogP contribution in [0.5, 0.6) is 0 Å². The Hall–Kier alpha value is -2.14. The number of hydrogen-bond acceptors (Lipinski definition) is 5. The van der Waals surface area contributed by atoms with Gasteiger partial charge in [0.2, 0.25) is 0 Å². The molecular weight excluding hydrogens is 250 g/mol. The van der Waals surface area contributed by atoms with Gasteiger partial charge >= 0.3 is 0 Å². The highest BCUT2D eigenvalue weighted by Crippen LogP contribution is 2.23. The van der Waals surface area contributed by atoms with E-state index in [1.54, 1.807) is 6.33 Å². The van der Waals surface area contributed by atoms with E-state index in [0.29, 0.717) is 12.6 Å². The van der Waals surface area contributed by atoms with Crippen molar-refractivity contribution in [3.05, 3.63) is 42.2 Å². The predicted molar refractivity (Wildman–Crippen MR) is 80.9 cm³/mol. The number of nitrogens with zero attached hydrogens (tertiary/aromatic N) is 2. The Labute approximate surface area is 118 Å². The number of anilines is 3. The van der Waals surface area contributed by atoms with Crippen molar-refractivity contribution < 1.29 is 0 Å². The second-order valence-corrected chi connectivity index (χ2v) is 5.09. The van der Waals surface area contributed by atoms with Crippen LogP contribution in [0, 0.1) is 0 Å². The number of benzene rings is 1. The number of hydrogen-bond donors (Lipinski definition) is 3. The van der Waals surface area contributed by atoms with E-state index < -0.39 is 0 Å². The van der Waals surface area contributed by atoms with Crippen LogP contribution in [0.25, 0.3) is 0 Å². The molecule has 0 radical (unpaired) electrons. The Kier molecular flexibility index (Phi) is 3.78. The molecule has 5 heteroatoms. The van der Waals surface area contributed by atoms with Crippen LogP contribution in [0.15, 0.2) is 36.7 Å². The zero-order valence-corrected chi connectivity index (χ0v) is 11.3. The average Bonchev–Trinajstić information content (AvgIpc) is 2.44. The van der Waals surface area contributed by atoms with E-state index in [-0.39, 0.29) is 0 Å². The summed E-state index contributed by atoms with van der Waals surface area (Å²) in [6, 6.07) is 10.5. The Balaban J connectivity index is 1.67. The molecule has 0 saturated heterocycles. The zero-order chi connectivity index (χ0) is 13.8. The van der Waals surface area contributed by atoms with Gasteiger partial charge in [-0.1, -0.05) is 12.1 Å². The first-order chi connectivity index (χ1) is 9.83. The third kappa shape index (κ3) is 3.05. The van der Waals surface area contributed by atoms with Gasteiger partial charge in [0.25, 0.3) is 0 Å². The number of nitrogens with two attached hydrogens (primary N) is 1. The van der Waals surface area contributed by atoms with Gasteiger partial charge in [-0.3, -0.25) is 0 Å². The molecule has 0 spiro atoms. The van der Waals surface area contributed by atoms with Gasteiger partial charge in [-0.2, -0.15) is 0 Å². The highest BCUT2D eigenvalue weighted by Gasteiger charge is 2.17. The van der Waals surface area contributed by atoms with Crippen molar-refractivity contribution in [3.8, 4) is 0 Å². The summed E-state index contributed by atoms with van der Waals surface area (Å²) < 4.78 is 0.